The number of piperidine rings is 1. The zero-order valence-corrected chi connectivity index (χ0v) is 16.0. The highest BCUT2D eigenvalue weighted by Gasteiger charge is 2.47. The standard InChI is InChI=1S/C19H22N4O6/c1-2-21-10-15(25)29-9-8-22-14(24)7-6-13(18(22)27)23-17(26)11-4-3-5-12(20)16(11)19(23)28/h3-5,13,21H,2,6-10,20H2,1H3. The Morgan fingerprint density at radius 1 is 1.24 bits per heavy atom. The van der Waals surface area contributed by atoms with E-state index in [0.29, 0.717) is 6.54 Å². The molecular weight excluding hydrogens is 380 g/mol. The fraction of sp³-hybridized carbons (Fsp3) is 0.421. The average Bonchev–Trinajstić information content (AvgIpc) is 2.95. The molecule has 0 saturated carbocycles. The number of likely N-dealkylation sites (N-methyl/N-ethyl adjacent to an activating group) is 1. The number of carbonyl (C=O) groups is 5. The maximum Gasteiger partial charge on any atom is 0.319 e. The number of hydrogen-bond acceptors (Lipinski definition) is 8. The molecule has 1 fully saturated rings. The molecular formula is C19H22N4O6. The molecule has 1 aromatic carbocycles. The largest absolute Gasteiger partial charge is 0.463 e. The van der Waals surface area contributed by atoms with E-state index < -0.39 is 35.6 Å². The summed E-state index contributed by atoms with van der Waals surface area (Å²) in [5.74, 6) is -2.87. The lowest BCUT2D eigenvalue weighted by Gasteiger charge is -2.34. The van der Waals surface area contributed by atoms with Gasteiger partial charge in [0.1, 0.15) is 12.6 Å². The summed E-state index contributed by atoms with van der Waals surface area (Å²) in [6.07, 6.45) is 0.0321. The van der Waals surface area contributed by atoms with Crippen LogP contribution in [0.1, 0.15) is 40.5 Å². The Morgan fingerprint density at radius 2 is 2.00 bits per heavy atom. The monoisotopic (exact) mass is 402 g/mol. The van der Waals surface area contributed by atoms with Crippen molar-refractivity contribution in [1.29, 1.82) is 0 Å². The van der Waals surface area contributed by atoms with Crippen molar-refractivity contribution in [3.05, 3.63) is 29.3 Å². The number of likely N-dealkylation sites (tertiary alicyclic amines) is 1. The molecule has 0 spiro atoms. The van der Waals surface area contributed by atoms with Crippen molar-refractivity contribution in [2.24, 2.45) is 0 Å². The zero-order chi connectivity index (χ0) is 21.1. The number of benzene rings is 1. The van der Waals surface area contributed by atoms with Crippen LogP contribution in [0, 0.1) is 0 Å². The number of nitrogens with one attached hydrogen (secondary N) is 1. The van der Waals surface area contributed by atoms with Crippen molar-refractivity contribution in [1.82, 2.24) is 15.1 Å². The highest BCUT2D eigenvalue weighted by molar-refractivity contribution is 6.25. The number of carbonyl (C=O) groups excluding carboxylic acids is 5. The van der Waals surface area contributed by atoms with Crippen LogP contribution in [-0.4, -0.2) is 71.7 Å². The summed E-state index contributed by atoms with van der Waals surface area (Å²) in [5, 5.41) is 2.81. The summed E-state index contributed by atoms with van der Waals surface area (Å²) in [6, 6.07) is 3.44. The van der Waals surface area contributed by atoms with E-state index in [1.165, 1.54) is 12.1 Å². The molecule has 2 aliphatic heterocycles. The third kappa shape index (κ3) is 3.83. The number of rotatable bonds is 7. The highest BCUT2D eigenvalue weighted by Crippen LogP contribution is 2.31. The van der Waals surface area contributed by atoms with Crippen LogP contribution in [0.5, 0.6) is 0 Å². The highest BCUT2D eigenvalue weighted by atomic mass is 16.5. The second kappa shape index (κ2) is 8.39. The van der Waals surface area contributed by atoms with E-state index in [9.17, 15) is 24.0 Å². The molecule has 0 aliphatic carbocycles. The Morgan fingerprint density at radius 3 is 2.69 bits per heavy atom. The van der Waals surface area contributed by atoms with Crippen molar-refractivity contribution < 1.29 is 28.7 Å². The van der Waals surface area contributed by atoms with Gasteiger partial charge in [-0.3, -0.25) is 33.8 Å². The Balaban J connectivity index is 1.70. The first-order chi connectivity index (χ1) is 13.9. The molecule has 2 heterocycles. The molecule has 4 amide bonds. The van der Waals surface area contributed by atoms with Crippen LogP contribution in [0.25, 0.3) is 0 Å². The number of nitrogen functional groups attached to an aromatic ring is 1. The van der Waals surface area contributed by atoms with Gasteiger partial charge in [-0.25, -0.2) is 0 Å². The molecule has 0 aromatic heterocycles. The number of nitrogens with zero attached hydrogens (tertiary/aromatic N) is 2. The maximum absolute atomic E-state index is 12.9. The first kappa shape index (κ1) is 20.5. The zero-order valence-electron chi connectivity index (χ0n) is 16.0. The van der Waals surface area contributed by atoms with E-state index in [1.807, 2.05) is 6.92 Å². The number of fused-ring (bicyclic) bond motifs is 1. The lowest BCUT2D eigenvalue weighted by Crippen LogP contribution is -2.56. The second-order valence-electron chi connectivity index (χ2n) is 6.69. The van der Waals surface area contributed by atoms with Crippen LogP contribution < -0.4 is 11.1 Å². The summed E-state index contributed by atoms with van der Waals surface area (Å²) in [5.41, 5.74) is 6.20. The molecule has 2 aliphatic rings. The third-order valence-electron chi connectivity index (χ3n) is 4.87. The number of hydrogen-bond donors (Lipinski definition) is 2. The Labute approximate surface area is 166 Å². The minimum atomic E-state index is -1.10. The SMILES string of the molecule is CCNCC(=O)OCCN1C(=O)CCC(N2C(=O)c3cccc(N)c3C2=O)C1=O. The number of imide groups is 2. The predicted molar refractivity (Wildman–Crippen MR) is 101 cm³/mol. The van der Waals surface area contributed by atoms with Crippen LogP contribution in [0.4, 0.5) is 5.69 Å². The van der Waals surface area contributed by atoms with Crippen molar-refractivity contribution in [2.75, 3.05) is 32.0 Å². The molecule has 1 atom stereocenters. The molecule has 29 heavy (non-hydrogen) atoms. The summed E-state index contributed by atoms with van der Waals surface area (Å²) in [7, 11) is 0. The van der Waals surface area contributed by atoms with Crippen LogP contribution in [0.2, 0.25) is 0 Å². The van der Waals surface area contributed by atoms with Gasteiger partial charge < -0.3 is 15.8 Å². The van der Waals surface area contributed by atoms with E-state index in [4.69, 9.17) is 10.5 Å². The van der Waals surface area contributed by atoms with Gasteiger partial charge in [-0.2, -0.15) is 0 Å². The quantitative estimate of drug-likeness (QED) is 0.355. The Kier molecular flexibility index (Phi) is 5.92. The summed E-state index contributed by atoms with van der Waals surface area (Å²) >= 11 is 0. The molecule has 0 radical (unpaired) electrons. The normalized spacial score (nSPS) is 19.0. The van der Waals surface area contributed by atoms with Crippen molar-refractivity contribution in [3.63, 3.8) is 0 Å². The molecule has 1 unspecified atom stereocenters. The lowest BCUT2D eigenvalue weighted by atomic mass is 10.0. The van der Waals surface area contributed by atoms with Gasteiger partial charge in [0.05, 0.1) is 24.2 Å². The van der Waals surface area contributed by atoms with Gasteiger partial charge in [0.15, 0.2) is 0 Å². The lowest BCUT2D eigenvalue weighted by molar-refractivity contribution is -0.155. The fourth-order valence-electron chi connectivity index (χ4n) is 3.44. The second-order valence-corrected chi connectivity index (χ2v) is 6.69. The number of anilines is 1. The topological polar surface area (TPSA) is 139 Å². The number of ether oxygens (including phenoxy) is 1. The molecule has 3 N–H and O–H groups in total. The molecule has 10 nitrogen and oxygen atoms in total. The summed E-state index contributed by atoms with van der Waals surface area (Å²) in [6.45, 7) is 2.16. The van der Waals surface area contributed by atoms with E-state index in [2.05, 4.69) is 5.32 Å². The number of nitrogens with two attached hydrogens (primary N) is 1. The molecule has 0 bridgehead atoms. The first-order valence-corrected chi connectivity index (χ1v) is 9.33. The van der Waals surface area contributed by atoms with Gasteiger partial charge >= 0.3 is 5.97 Å². The minimum Gasteiger partial charge on any atom is -0.463 e. The molecule has 3 rings (SSSR count). The fourth-order valence-corrected chi connectivity index (χ4v) is 3.44. The van der Waals surface area contributed by atoms with Gasteiger partial charge in [0, 0.05) is 12.1 Å². The van der Waals surface area contributed by atoms with Crippen LogP contribution >= 0.6 is 0 Å². The van der Waals surface area contributed by atoms with Crippen LogP contribution in [0.3, 0.4) is 0 Å². The van der Waals surface area contributed by atoms with E-state index in [0.717, 1.165) is 9.80 Å². The van der Waals surface area contributed by atoms with Crippen molar-refractivity contribution in [3.8, 4) is 0 Å². The first-order valence-electron chi connectivity index (χ1n) is 9.33. The van der Waals surface area contributed by atoms with Crippen molar-refractivity contribution in [2.45, 2.75) is 25.8 Å². The summed E-state index contributed by atoms with van der Waals surface area (Å²) < 4.78 is 5.00. The van der Waals surface area contributed by atoms with E-state index in [1.54, 1.807) is 6.07 Å². The Hall–Kier alpha value is -3.27. The minimum absolute atomic E-state index is 0.00929. The smallest absolute Gasteiger partial charge is 0.319 e. The van der Waals surface area contributed by atoms with Crippen LogP contribution in [-0.2, 0) is 19.1 Å². The number of amides is 4. The van der Waals surface area contributed by atoms with Gasteiger partial charge in [0.25, 0.3) is 17.7 Å². The number of esters is 1. The van der Waals surface area contributed by atoms with Gasteiger partial charge in [-0.1, -0.05) is 13.0 Å². The summed E-state index contributed by atoms with van der Waals surface area (Å²) in [4.78, 5) is 63.9. The van der Waals surface area contributed by atoms with Gasteiger partial charge in [-0.15, -0.1) is 0 Å². The van der Waals surface area contributed by atoms with E-state index in [-0.39, 0.29) is 49.4 Å². The van der Waals surface area contributed by atoms with Gasteiger partial charge in [0.2, 0.25) is 5.91 Å². The van der Waals surface area contributed by atoms with Gasteiger partial charge in [-0.05, 0) is 25.1 Å². The molecule has 154 valence electrons. The maximum atomic E-state index is 12.9. The molecule has 1 saturated heterocycles. The molecule has 10 heteroatoms. The molecule has 1 aromatic rings. The van der Waals surface area contributed by atoms with Crippen molar-refractivity contribution >= 4 is 35.3 Å². The predicted octanol–water partition coefficient (Wildman–Crippen LogP) is -0.465. The average molecular weight is 402 g/mol. The Bertz CT molecular complexity index is 883. The third-order valence-corrected chi connectivity index (χ3v) is 4.87. The van der Waals surface area contributed by atoms with E-state index >= 15 is 0 Å². The van der Waals surface area contributed by atoms with Crippen LogP contribution in [0.15, 0.2) is 18.2 Å².